The monoisotopic (exact) mass is 460 g/mol. The van der Waals surface area contributed by atoms with Gasteiger partial charge in [-0.15, -0.1) is 5.10 Å². The van der Waals surface area contributed by atoms with Crippen molar-refractivity contribution in [3.8, 4) is 5.75 Å². The van der Waals surface area contributed by atoms with Gasteiger partial charge in [0, 0.05) is 15.6 Å². The lowest BCUT2D eigenvalue weighted by Gasteiger charge is -2.06. The summed E-state index contributed by atoms with van der Waals surface area (Å²) in [4.78, 5) is 16.5. The lowest BCUT2D eigenvalue weighted by Crippen LogP contribution is -2.12. The maximum Gasteiger partial charge on any atom is 0.293 e. The van der Waals surface area contributed by atoms with E-state index in [-0.39, 0.29) is 24.1 Å². The van der Waals surface area contributed by atoms with Gasteiger partial charge in [0.1, 0.15) is 30.3 Å². The lowest BCUT2D eigenvalue weighted by atomic mass is 10.2. The standard InChI is InChI=1S/C21H15Cl2FN4O3/c22-17-2-1-3-18(23)16(17)10-28-12-25-21(27-28)26-20(29)19-9-8-15(31-19)11-30-14-6-4-13(24)5-7-14/h1-9,12H,10-11H2,(H,26,27,29). The predicted octanol–water partition coefficient (Wildman–Crippen LogP) is 5.20. The van der Waals surface area contributed by atoms with Crippen LogP contribution in [0, 0.1) is 5.82 Å². The second-order valence-corrected chi connectivity index (χ2v) is 7.24. The maximum atomic E-state index is 12.9. The van der Waals surface area contributed by atoms with E-state index in [1.807, 2.05) is 0 Å². The Hall–Kier alpha value is -3.36. The number of furan rings is 1. The molecular formula is C21H15Cl2FN4O3. The van der Waals surface area contributed by atoms with E-state index in [1.54, 1.807) is 24.3 Å². The quantitative estimate of drug-likeness (QED) is 0.409. The number of amides is 1. The first-order valence-corrected chi connectivity index (χ1v) is 9.84. The zero-order chi connectivity index (χ0) is 21.8. The first-order chi connectivity index (χ1) is 15.0. The molecule has 0 saturated heterocycles. The van der Waals surface area contributed by atoms with Gasteiger partial charge in [-0.05, 0) is 48.5 Å². The summed E-state index contributed by atoms with van der Waals surface area (Å²) in [6.45, 7) is 0.386. The highest BCUT2D eigenvalue weighted by atomic mass is 35.5. The number of aromatic nitrogens is 3. The summed E-state index contributed by atoms with van der Waals surface area (Å²) in [5, 5.41) is 7.79. The third-order valence-electron chi connectivity index (χ3n) is 4.22. The summed E-state index contributed by atoms with van der Waals surface area (Å²) >= 11 is 12.3. The third kappa shape index (κ3) is 5.22. The fourth-order valence-electron chi connectivity index (χ4n) is 2.70. The molecule has 2 heterocycles. The fraction of sp³-hybridized carbons (Fsp3) is 0.0952. The predicted molar refractivity (Wildman–Crippen MR) is 113 cm³/mol. The largest absolute Gasteiger partial charge is 0.486 e. The van der Waals surface area contributed by atoms with E-state index in [2.05, 4.69) is 15.4 Å². The molecule has 0 radical (unpaired) electrons. The molecule has 4 rings (SSSR count). The summed E-state index contributed by atoms with van der Waals surface area (Å²) in [5.41, 5.74) is 0.699. The Morgan fingerprint density at radius 1 is 1.10 bits per heavy atom. The molecular weight excluding hydrogens is 446 g/mol. The Labute approximate surface area is 186 Å². The van der Waals surface area contributed by atoms with Crippen molar-refractivity contribution in [3.05, 3.63) is 93.9 Å². The average molecular weight is 461 g/mol. The number of benzene rings is 2. The zero-order valence-corrected chi connectivity index (χ0v) is 17.4. The molecule has 0 fully saturated rings. The molecule has 1 amide bonds. The number of carbonyl (C=O) groups is 1. The molecule has 0 aliphatic heterocycles. The van der Waals surface area contributed by atoms with Gasteiger partial charge >= 0.3 is 0 Å². The van der Waals surface area contributed by atoms with Crippen LogP contribution in [0.5, 0.6) is 5.75 Å². The van der Waals surface area contributed by atoms with Crippen molar-refractivity contribution in [3.63, 3.8) is 0 Å². The smallest absolute Gasteiger partial charge is 0.293 e. The molecule has 7 nitrogen and oxygen atoms in total. The van der Waals surface area contributed by atoms with Crippen LogP contribution in [0.4, 0.5) is 10.3 Å². The number of hydrogen-bond donors (Lipinski definition) is 1. The Kier molecular flexibility index (Phi) is 6.20. The van der Waals surface area contributed by atoms with Gasteiger partial charge in [0.05, 0.1) is 6.54 Å². The number of nitrogens with zero attached hydrogens (tertiary/aromatic N) is 3. The summed E-state index contributed by atoms with van der Waals surface area (Å²) in [5.74, 6) is 0.229. The zero-order valence-electron chi connectivity index (χ0n) is 15.9. The van der Waals surface area contributed by atoms with E-state index in [1.165, 1.54) is 41.3 Å². The second-order valence-electron chi connectivity index (χ2n) is 6.43. The van der Waals surface area contributed by atoms with Crippen LogP contribution >= 0.6 is 23.2 Å². The second kappa shape index (κ2) is 9.20. The van der Waals surface area contributed by atoms with Crippen molar-refractivity contribution in [1.29, 1.82) is 0 Å². The number of halogens is 3. The minimum absolute atomic E-state index is 0.0724. The number of ether oxygens (including phenoxy) is 1. The molecule has 0 bridgehead atoms. The van der Waals surface area contributed by atoms with Crippen LogP contribution in [-0.2, 0) is 13.2 Å². The summed E-state index contributed by atoms with van der Waals surface area (Å²) in [6.07, 6.45) is 1.46. The van der Waals surface area contributed by atoms with E-state index in [0.29, 0.717) is 33.7 Å². The van der Waals surface area contributed by atoms with Crippen LogP contribution in [0.15, 0.2) is 65.3 Å². The van der Waals surface area contributed by atoms with Gasteiger partial charge in [-0.3, -0.25) is 10.1 Å². The van der Waals surface area contributed by atoms with E-state index in [4.69, 9.17) is 32.4 Å². The van der Waals surface area contributed by atoms with Crippen LogP contribution in [0.1, 0.15) is 21.9 Å². The SMILES string of the molecule is O=C(Nc1ncn(Cc2c(Cl)cccc2Cl)n1)c1ccc(COc2ccc(F)cc2)o1. The maximum absolute atomic E-state index is 12.9. The van der Waals surface area contributed by atoms with Crippen molar-refractivity contribution in [2.75, 3.05) is 5.32 Å². The molecule has 10 heteroatoms. The molecule has 0 spiro atoms. The Balaban J connectivity index is 1.35. The number of nitrogens with one attached hydrogen (secondary N) is 1. The molecule has 0 unspecified atom stereocenters. The van der Waals surface area contributed by atoms with Crippen LogP contribution in [-0.4, -0.2) is 20.7 Å². The minimum Gasteiger partial charge on any atom is -0.486 e. The first kappa shape index (κ1) is 20.9. The van der Waals surface area contributed by atoms with Crippen molar-refractivity contribution in [2.45, 2.75) is 13.2 Å². The molecule has 0 saturated carbocycles. The number of carbonyl (C=O) groups excluding carboxylic acids is 1. The molecule has 2 aromatic carbocycles. The van der Waals surface area contributed by atoms with E-state index >= 15 is 0 Å². The molecule has 0 aliphatic rings. The van der Waals surface area contributed by atoms with Crippen LogP contribution < -0.4 is 10.1 Å². The van der Waals surface area contributed by atoms with Gasteiger partial charge in [0.2, 0.25) is 5.95 Å². The molecule has 2 aromatic heterocycles. The fourth-order valence-corrected chi connectivity index (χ4v) is 3.22. The molecule has 1 N–H and O–H groups in total. The lowest BCUT2D eigenvalue weighted by molar-refractivity contribution is 0.0991. The average Bonchev–Trinajstić information content (AvgIpc) is 3.40. The molecule has 31 heavy (non-hydrogen) atoms. The minimum atomic E-state index is -0.512. The Morgan fingerprint density at radius 3 is 2.58 bits per heavy atom. The number of hydrogen-bond acceptors (Lipinski definition) is 5. The van der Waals surface area contributed by atoms with Crippen molar-refractivity contribution >= 4 is 35.1 Å². The van der Waals surface area contributed by atoms with Crippen molar-refractivity contribution in [2.24, 2.45) is 0 Å². The normalized spacial score (nSPS) is 10.8. The first-order valence-electron chi connectivity index (χ1n) is 9.09. The van der Waals surface area contributed by atoms with Crippen molar-refractivity contribution in [1.82, 2.24) is 14.8 Å². The third-order valence-corrected chi connectivity index (χ3v) is 4.93. The Bertz CT molecular complexity index is 1190. The summed E-state index contributed by atoms with van der Waals surface area (Å²) in [6, 6.07) is 13.9. The molecule has 0 aliphatic carbocycles. The highest BCUT2D eigenvalue weighted by molar-refractivity contribution is 6.35. The molecule has 158 valence electrons. The molecule has 0 atom stereocenters. The Morgan fingerprint density at radius 2 is 1.84 bits per heavy atom. The number of rotatable bonds is 7. The van der Waals surface area contributed by atoms with Gasteiger partial charge in [-0.1, -0.05) is 29.3 Å². The van der Waals surface area contributed by atoms with Gasteiger partial charge in [-0.2, -0.15) is 0 Å². The van der Waals surface area contributed by atoms with Crippen LogP contribution in [0.2, 0.25) is 10.0 Å². The van der Waals surface area contributed by atoms with Gasteiger partial charge in [-0.25, -0.2) is 14.1 Å². The molecule has 4 aromatic rings. The van der Waals surface area contributed by atoms with Gasteiger partial charge in [0.15, 0.2) is 5.76 Å². The summed E-state index contributed by atoms with van der Waals surface area (Å²) in [7, 11) is 0. The van der Waals surface area contributed by atoms with Crippen LogP contribution in [0.3, 0.4) is 0 Å². The van der Waals surface area contributed by atoms with Crippen LogP contribution in [0.25, 0.3) is 0 Å². The van der Waals surface area contributed by atoms with E-state index in [9.17, 15) is 9.18 Å². The van der Waals surface area contributed by atoms with Gasteiger partial charge < -0.3 is 9.15 Å². The highest BCUT2D eigenvalue weighted by Crippen LogP contribution is 2.25. The highest BCUT2D eigenvalue weighted by Gasteiger charge is 2.15. The van der Waals surface area contributed by atoms with Gasteiger partial charge in [0.25, 0.3) is 5.91 Å². The number of anilines is 1. The summed E-state index contributed by atoms with van der Waals surface area (Å²) < 4.78 is 25.4. The van der Waals surface area contributed by atoms with Crippen molar-refractivity contribution < 1.29 is 18.3 Å². The topological polar surface area (TPSA) is 82.2 Å². The van der Waals surface area contributed by atoms with E-state index < -0.39 is 5.91 Å². The van der Waals surface area contributed by atoms with E-state index in [0.717, 1.165) is 0 Å².